The van der Waals surface area contributed by atoms with Gasteiger partial charge in [-0.2, -0.15) is 4.98 Å². The highest BCUT2D eigenvalue weighted by Crippen LogP contribution is 2.28. The molecular weight excluding hydrogens is 468 g/mol. The van der Waals surface area contributed by atoms with Gasteiger partial charge < -0.3 is 19.7 Å². The van der Waals surface area contributed by atoms with Gasteiger partial charge >= 0.3 is 5.97 Å². The Kier molecular flexibility index (Phi) is 7.74. The number of para-hydroxylation sites is 1. The molecule has 0 fully saturated rings. The van der Waals surface area contributed by atoms with Crippen LogP contribution in [0.4, 0.5) is 5.82 Å². The molecule has 8 heteroatoms. The number of hydrogen-bond acceptors (Lipinski definition) is 7. The number of carboxylic acids is 1. The maximum absolute atomic E-state index is 11.6. The van der Waals surface area contributed by atoms with E-state index in [1.54, 1.807) is 0 Å². The molecule has 1 aliphatic rings. The van der Waals surface area contributed by atoms with Crippen molar-refractivity contribution in [2.45, 2.75) is 50.9 Å². The standard InChI is InChI=1S/C29H30N4O4/c34-28(35)19-22(20-12-15-25(16-13-20)36-24-8-2-1-3-9-24)18-27-32-26(33-37-27)10-4-7-23-14-11-21-6-5-17-30-29(21)31-23/h1-3,8-9,11-16,22H,4-7,10,17-19H2,(H,30,31)(H,34,35). The number of aromatic nitrogens is 3. The molecule has 5 rings (SSSR count). The van der Waals surface area contributed by atoms with E-state index >= 15 is 0 Å². The number of rotatable bonds is 11. The second-order valence-corrected chi connectivity index (χ2v) is 9.28. The summed E-state index contributed by atoms with van der Waals surface area (Å²) < 4.78 is 11.3. The number of carbonyl (C=O) groups is 1. The number of fused-ring (bicyclic) bond motifs is 1. The van der Waals surface area contributed by atoms with Crippen molar-refractivity contribution in [1.82, 2.24) is 15.1 Å². The fourth-order valence-electron chi connectivity index (χ4n) is 4.57. The molecule has 0 saturated carbocycles. The number of hydrogen-bond donors (Lipinski definition) is 2. The van der Waals surface area contributed by atoms with Crippen molar-refractivity contribution in [3.63, 3.8) is 0 Å². The van der Waals surface area contributed by atoms with Gasteiger partial charge in [0.2, 0.25) is 5.89 Å². The maximum Gasteiger partial charge on any atom is 0.303 e. The molecule has 0 saturated heterocycles. The van der Waals surface area contributed by atoms with Crippen molar-refractivity contribution in [2.24, 2.45) is 0 Å². The van der Waals surface area contributed by atoms with Crippen molar-refractivity contribution < 1.29 is 19.2 Å². The molecule has 2 aromatic heterocycles. The Hall–Kier alpha value is -4.20. The van der Waals surface area contributed by atoms with Crippen LogP contribution in [0.15, 0.2) is 71.3 Å². The first-order chi connectivity index (χ1) is 18.1. The van der Waals surface area contributed by atoms with Gasteiger partial charge in [-0.15, -0.1) is 0 Å². The van der Waals surface area contributed by atoms with Gasteiger partial charge in [0, 0.05) is 31.0 Å². The fraction of sp³-hybridized carbons (Fsp3) is 0.310. The highest BCUT2D eigenvalue weighted by Gasteiger charge is 2.20. The molecule has 190 valence electrons. The number of pyridine rings is 1. The van der Waals surface area contributed by atoms with Crippen LogP contribution in [-0.2, 0) is 30.5 Å². The van der Waals surface area contributed by atoms with E-state index in [2.05, 4.69) is 27.6 Å². The average molecular weight is 499 g/mol. The summed E-state index contributed by atoms with van der Waals surface area (Å²) in [6.45, 7) is 0.976. The van der Waals surface area contributed by atoms with Gasteiger partial charge in [0.25, 0.3) is 0 Å². The van der Waals surface area contributed by atoms with Gasteiger partial charge in [0.1, 0.15) is 17.3 Å². The van der Waals surface area contributed by atoms with Crippen LogP contribution in [0, 0.1) is 0 Å². The fourth-order valence-corrected chi connectivity index (χ4v) is 4.57. The highest BCUT2D eigenvalue weighted by atomic mass is 16.5. The van der Waals surface area contributed by atoms with Crippen LogP contribution in [0.5, 0.6) is 11.5 Å². The zero-order chi connectivity index (χ0) is 25.5. The lowest BCUT2D eigenvalue weighted by atomic mass is 9.92. The zero-order valence-corrected chi connectivity index (χ0v) is 20.6. The normalized spacial score (nSPS) is 13.4. The summed E-state index contributed by atoms with van der Waals surface area (Å²) in [6, 6.07) is 21.3. The predicted molar refractivity (Wildman–Crippen MR) is 139 cm³/mol. The molecule has 0 spiro atoms. The summed E-state index contributed by atoms with van der Waals surface area (Å²) in [6.07, 6.45) is 4.91. The van der Waals surface area contributed by atoms with Gasteiger partial charge in [-0.1, -0.05) is 41.6 Å². The largest absolute Gasteiger partial charge is 0.481 e. The maximum atomic E-state index is 11.6. The number of ether oxygens (including phenoxy) is 1. The molecule has 0 bridgehead atoms. The minimum Gasteiger partial charge on any atom is -0.481 e. The molecule has 3 heterocycles. The van der Waals surface area contributed by atoms with Crippen molar-refractivity contribution in [1.29, 1.82) is 0 Å². The highest BCUT2D eigenvalue weighted by molar-refractivity contribution is 5.68. The second-order valence-electron chi connectivity index (χ2n) is 9.28. The molecule has 4 aromatic rings. The van der Waals surface area contributed by atoms with E-state index in [9.17, 15) is 9.90 Å². The van der Waals surface area contributed by atoms with Gasteiger partial charge in [0.05, 0.1) is 6.42 Å². The average Bonchev–Trinajstić information content (AvgIpc) is 3.36. The number of carboxylic acid groups (broad SMARTS) is 1. The van der Waals surface area contributed by atoms with Gasteiger partial charge in [-0.3, -0.25) is 4.79 Å². The zero-order valence-electron chi connectivity index (χ0n) is 20.6. The Morgan fingerprint density at radius 1 is 1.00 bits per heavy atom. The summed E-state index contributed by atoms with van der Waals surface area (Å²) in [5.74, 6) is 2.36. The molecule has 0 aliphatic carbocycles. The Morgan fingerprint density at radius 3 is 2.62 bits per heavy atom. The van der Waals surface area contributed by atoms with E-state index in [-0.39, 0.29) is 12.3 Å². The summed E-state index contributed by atoms with van der Waals surface area (Å²) in [7, 11) is 0. The lowest BCUT2D eigenvalue weighted by Gasteiger charge is -2.17. The summed E-state index contributed by atoms with van der Waals surface area (Å²) >= 11 is 0. The van der Waals surface area contributed by atoms with Crippen LogP contribution in [0.25, 0.3) is 0 Å². The summed E-state index contributed by atoms with van der Waals surface area (Å²) in [4.78, 5) is 20.8. The first-order valence-electron chi connectivity index (χ1n) is 12.7. The minimum absolute atomic E-state index is 0.0331. The van der Waals surface area contributed by atoms with Crippen molar-refractivity contribution in [3.8, 4) is 11.5 Å². The Morgan fingerprint density at radius 2 is 1.81 bits per heavy atom. The topological polar surface area (TPSA) is 110 Å². The van der Waals surface area contributed by atoms with Gasteiger partial charge in [0.15, 0.2) is 5.82 Å². The molecule has 1 atom stereocenters. The van der Waals surface area contributed by atoms with Gasteiger partial charge in [-0.05, 0) is 67.1 Å². The van der Waals surface area contributed by atoms with Crippen LogP contribution in [0.3, 0.4) is 0 Å². The van der Waals surface area contributed by atoms with Crippen LogP contribution < -0.4 is 10.1 Å². The van der Waals surface area contributed by atoms with Crippen LogP contribution in [-0.4, -0.2) is 32.7 Å². The van der Waals surface area contributed by atoms with E-state index in [1.165, 1.54) is 5.56 Å². The third kappa shape index (κ3) is 6.73. The summed E-state index contributed by atoms with van der Waals surface area (Å²) in [5.41, 5.74) is 3.22. The Bertz CT molecular complexity index is 1320. The number of nitrogens with one attached hydrogen (secondary N) is 1. The molecule has 37 heavy (non-hydrogen) atoms. The van der Waals surface area contributed by atoms with E-state index in [0.717, 1.165) is 55.1 Å². The van der Waals surface area contributed by atoms with Crippen molar-refractivity contribution in [2.75, 3.05) is 11.9 Å². The second kappa shape index (κ2) is 11.7. The first kappa shape index (κ1) is 24.5. The molecule has 8 nitrogen and oxygen atoms in total. The van der Waals surface area contributed by atoms with E-state index in [0.29, 0.717) is 30.3 Å². The molecule has 2 aromatic carbocycles. The Labute approximate surface area is 215 Å². The van der Waals surface area contributed by atoms with E-state index in [4.69, 9.17) is 14.2 Å². The molecule has 0 radical (unpaired) electrons. The van der Waals surface area contributed by atoms with Crippen molar-refractivity contribution >= 4 is 11.8 Å². The number of anilines is 1. The van der Waals surface area contributed by atoms with Crippen LogP contribution >= 0.6 is 0 Å². The van der Waals surface area contributed by atoms with E-state index < -0.39 is 5.97 Å². The van der Waals surface area contributed by atoms with Crippen molar-refractivity contribution in [3.05, 3.63) is 95.3 Å². The smallest absolute Gasteiger partial charge is 0.303 e. The molecule has 2 N–H and O–H groups in total. The van der Waals surface area contributed by atoms with E-state index in [1.807, 2.05) is 54.6 Å². The minimum atomic E-state index is -0.874. The summed E-state index contributed by atoms with van der Waals surface area (Å²) in [5, 5.41) is 17.0. The molecule has 1 unspecified atom stereocenters. The predicted octanol–water partition coefficient (Wildman–Crippen LogP) is 5.59. The first-order valence-corrected chi connectivity index (χ1v) is 12.7. The molecule has 0 amide bonds. The lowest BCUT2D eigenvalue weighted by molar-refractivity contribution is -0.137. The van der Waals surface area contributed by atoms with Crippen LogP contribution in [0.2, 0.25) is 0 Å². The SMILES string of the molecule is O=C(O)CC(Cc1nc(CCCc2ccc3c(n2)NCCC3)no1)c1ccc(Oc2ccccc2)cc1. The number of aryl methyl sites for hydroxylation is 3. The van der Waals surface area contributed by atoms with Crippen LogP contribution in [0.1, 0.15) is 53.7 Å². The van der Waals surface area contributed by atoms with Gasteiger partial charge in [-0.25, -0.2) is 4.98 Å². The monoisotopic (exact) mass is 498 g/mol. The number of nitrogens with zero attached hydrogens (tertiary/aromatic N) is 3. The number of aliphatic carboxylic acids is 1. The third-order valence-electron chi connectivity index (χ3n) is 6.47. The lowest BCUT2D eigenvalue weighted by Crippen LogP contribution is -2.14. The quantitative estimate of drug-likeness (QED) is 0.275. The Balaban J connectivity index is 1.17. The molecular formula is C29H30N4O4. The third-order valence-corrected chi connectivity index (χ3v) is 6.47. The molecule has 1 aliphatic heterocycles. The number of benzene rings is 2.